The zero-order valence-electron chi connectivity index (χ0n) is 13.2. The second kappa shape index (κ2) is 6.11. The fraction of sp³-hybridized carbons (Fsp3) is 1.00. The average molecular weight is 349 g/mol. The molecule has 4 fully saturated rings. The summed E-state index contributed by atoms with van der Waals surface area (Å²) in [5.41, 5.74) is 0. The lowest BCUT2D eigenvalue weighted by Gasteiger charge is -2.44. The van der Waals surface area contributed by atoms with Crippen LogP contribution in [0.1, 0.15) is 39.0 Å². The standard InChI is InChI=1S/C17H26F2OS2/c1-10-2-3-12(9-20-10)13-8-11-4-5-14(18)16(19)15(11)17(13)21-6-7-22-17/h10-16H,2-9H2,1H3/t10?,11?,12-,13?,14?,15?,16?/m1/s1. The molecule has 2 aliphatic carbocycles. The zero-order valence-corrected chi connectivity index (χ0v) is 14.8. The minimum Gasteiger partial charge on any atom is -0.378 e. The van der Waals surface area contributed by atoms with Crippen LogP contribution in [0.4, 0.5) is 8.78 Å². The van der Waals surface area contributed by atoms with Gasteiger partial charge >= 0.3 is 0 Å². The van der Waals surface area contributed by atoms with Crippen LogP contribution in [0, 0.1) is 23.7 Å². The Bertz CT molecular complexity index is 407. The molecular formula is C17H26F2OS2. The van der Waals surface area contributed by atoms with Crippen LogP contribution < -0.4 is 0 Å². The van der Waals surface area contributed by atoms with Gasteiger partial charge in [-0.2, -0.15) is 0 Å². The van der Waals surface area contributed by atoms with Gasteiger partial charge in [0.2, 0.25) is 0 Å². The first-order valence-corrected chi connectivity index (χ1v) is 10.8. The third-order valence-corrected chi connectivity index (χ3v) is 10.2. The summed E-state index contributed by atoms with van der Waals surface area (Å²) in [6.45, 7) is 2.97. The van der Waals surface area contributed by atoms with E-state index in [0.29, 0.717) is 30.3 Å². The van der Waals surface area contributed by atoms with Gasteiger partial charge < -0.3 is 4.74 Å². The van der Waals surface area contributed by atoms with Gasteiger partial charge in [-0.05, 0) is 56.8 Å². The van der Waals surface area contributed by atoms with E-state index >= 15 is 0 Å². The lowest BCUT2D eigenvalue weighted by atomic mass is 9.79. The van der Waals surface area contributed by atoms with Gasteiger partial charge in [0.1, 0.15) is 12.3 Å². The van der Waals surface area contributed by atoms with Crippen molar-refractivity contribution in [3.63, 3.8) is 0 Å². The molecule has 2 aliphatic heterocycles. The second-order valence-corrected chi connectivity index (χ2v) is 10.6. The highest BCUT2D eigenvalue weighted by Crippen LogP contribution is 2.67. The molecule has 2 saturated carbocycles. The van der Waals surface area contributed by atoms with Crippen LogP contribution in [-0.4, -0.2) is 40.6 Å². The van der Waals surface area contributed by atoms with Gasteiger partial charge in [-0.15, -0.1) is 23.5 Å². The van der Waals surface area contributed by atoms with E-state index in [9.17, 15) is 8.78 Å². The van der Waals surface area contributed by atoms with Gasteiger partial charge in [-0.25, -0.2) is 8.78 Å². The van der Waals surface area contributed by atoms with Gasteiger partial charge in [0.25, 0.3) is 0 Å². The van der Waals surface area contributed by atoms with Crippen LogP contribution >= 0.6 is 23.5 Å². The molecule has 0 aromatic rings. The second-order valence-electron chi connectivity index (χ2n) is 7.57. The SMILES string of the molecule is CC1CC[C@@H](C2CC3CCC(F)C(F)C3C23SCCS3)CO1. The molecule has 1 nitrogen and oxygen atoms in total. The van der Waals surface area contributed by atoms with Gasteiger partial charge in [-0.3, -0.25) is 0 Å². The Morgan fingerprint density at radius 1 is 1.00 bits per heavy atom. The van der Waals surface area contributed by atoms with E-state index in [-0.39, 0.29) is 10.00 Å². The van der Waals surface area contributed by atoms with E-state index in [1.807, 2.05) is 23.5 Å². The highest BCUT2D eigenvalue weighted by Gasteiger charge is 2.63. The maximum Gasteiger partial charge on any atom is 0.136 e. The quantitative estimate of drug-likeness (QED) is 0.680. The Kier molecular flexibility index (Phi) is 4.45. The Morgan fingerprint density at radius 2 is 1.73 bits per heavy atom. The van der Waals surface area contributed by atoms with Crippen LogP contribution in [0.2, 0.25) is 0 Å². The number of fused-ring (bicyclic) bond motifs is 2. The molecule has 126 valence electrons. The van der Waals surface area contributed by atoms with Gasteiger partial charge in [0.15, 0.2) is 0 Å². The summed E-state index contributed by atoms with van der Waals surface area (Å²) in [6, 6.07) is 0. The number of alkyl halides is 2. The number of ether oxygens (including phenoxy) is 1. The smallest absolute Gasteiger partial charge is 0.136 e. The maximum absolute atomic E-state index is 14.8. The number of hydrogen-bond donors (Lipinski definition) is 0. The lowest BCUT2D eigenvalue weighted by molar-refractivity contribution is -0.0233. The van der Waals surface area contributed by atoms with Gasteiger partial charge in [0, 0.05) is 17.4 Å². The Labute approximate surface area is 140 Å². The van der Waals surface area contributed by atoms with Gasteiger partial charge in [-0.1, -0.05) is 0 Å². The molecule has 22 heavy (non-hydrogen) atoms. The van der Waals surface area contributed by atoms with Crippen molar-refractivity contribution >= 4 is 23.5 Å². The van der Waals surface area contributed by atoms with Crippen molar-refractivity contribution in [3.05, 3.63) is 0 Å². The largest absolute Gasteiger partial charge is 0.378 e. The Balaban J connectivity index is 1.61. The minimum absolute atomic E-state index is 0.0660. The number of hydrogen-bond acceptors (Lipinski definition) is 3. The summed E-state index contributed by atoms with van der Waals surface area (Å²) in [6.07, 6.45) is 2.61. The Hall–Kier alpha value is 0.520. The fourth-order valence-electron chi connectivity index (χ4n) is 5.34. The summed E-state index contributed by atoms with van der Waals surface area (Å²) in [5.74, 6) is 3.57. The lowest BCUT2D eigenvalue weighted by Crippen LogP contribution is -2.46. The third kappa shape index (κ3) is 2.45. The van der Waals surface area contributed by atoms with Crippen LogP contribution in [0.5, 0.6) is 0 Å². The molecular weight excluding hydrogens is 322 g/mol. The van der Waals surface area contributed by atoms with Crippen molar-refractivity contribution in [1.82, 2.24) is 0 Å². The molecule has 5 heteroatoms. The van der Waals surface area contributed by atoms with Crippen molar-refractivity contribution in [2.24, 2.45) is 23.7 Å². The van der Waals surface area contributed by atoms with Crippen molar-refractivity contribution < 1.29 is 13.5 Å². The van der Waals surface area contributed by atoms with Gasteiger partial charge in [0.05, 0.1) is 16.8 Å². The first kappa shape index (κ1) is 16.0. The maximum atomic E-state index is 14.8. The molecule has 4 rings (SSSR count). The van der Waals surface area contributed by atoms with Crippen molar-refractivity contribution in [1.29, 1.82) is 0 Å². The molecule has 0 aromatic heterocycles. The molecule has 1 spiro atoms. The highest BCUT2D eigenvalue weighted by molar-refractivity contribution is 8.21. The predicted molar refractivity (Wildman–Crippen MR) is 89.9 cm³/mol. The first-order valence-electron chi connectivity index (χ1n) is 8.79. The molecule has 0 bridgehead atoms. The zero-order chi connectivity index (χ0) is 15.3. The molecule has 0 aromatic carbocycles. The van der Waals surface area contributed by atoms with Crippen LogP contribution in [0.3, 0.4) is 0 Å². The summed E-state index contributed by atoms with van der Waals surface area (Å²) >= 11 is 3.89. The molecule has 6 unspecified atom stereocenters. The molecule has 0 N–H and O–H groups in total. The van der Waals surface area contributed by atoms with Crippen molar-refractivity contribution in [2.75, 3.05) is 18.1 Å². The van der Waals surface area contributed by atoms with Crippen molar-refractivity contribution in [3.8, 4) is 0 Å². The van der Waals surface area contributed by atoms with Crippen LogP contribution in [0.15, 0.2) is 0 Å². The first-order chi connectivity index (χ1) is 10.6. The van der Waals surface area contributed by atoms with E-state index in [1.54, 1.807) is 0 Å². The fourth-order valence-corrected chi connectivity index (χ4v) is 9.52. The van der Waals surface area contributed by atoms with E-state index < -0.39 is 12.3 Å². The molecule has 2 saturated heterocycles. The summed E-state index contributed by atoms with van der Waals surface area (Å²) in [4.78, 5) is 0. The third-order valence-electron chi connectivity index (χ3n) is 6.39. The summed E-state index contributed by atoms with van der Waals surface area (Å²) in [5, 5.41) is 0. The van der Waals surface area contributed by atoms with E-state index in [0.717, 1.165) is 37.4 Å². The molecule has 7 atom stereocenters. The van der Waals surface area contributed by atoms with E-state index in [4.69, 9.17) is 4.74 Å². The highest BCUT2D eigenvalue weighted by atomic mass is 32.2. The molecule has 4 aliphatic rings. The summed E-state index contributed by atoms with van der Waals surface area (Å²) < 4.78 is 34.7. The monoisotopic (exact) mass is 348 g/mol. The predicted octanol–water partition coefficient (Wildman–Crippen LogP) is 4.70. The molecule has 0 radical (unpaired) electrons. The van der Waals surface area contributed by atoms with E-state index in [1.165, 1.54) is 6.42 Å². The van der Waals surface area contributed by atoms with Crippen LogP contribution in [0.25, 0.3) is 0 Å². The van der Waals surface area contributed by atoms with E-state index in [2.05, 4.69) is 6.92 Å². The van der Waals surface area contributed by atoms with Crippen molar-refractivity contribution in [2.45, 2.75) is 61.6 Å². The normalized spacial score (nSPS) is 51.1. The summed E-state index contributed by atoms with van der Waals surface area (Å²) in [7, 11) is 0. The van der Waals surface area contributed by atoms with Crippen LogP contribution in [-0.2, 0) is 4.74 Å². The molecule has 2 heterocycles. The number of thioether (sulfide) groups is 2. The number of halogens is 2. The average Bonchev–Trinajstić information content (AvgIpc) is 3.11. The minimum atomic E-state index is -1.25. The topological polar surface area (TPSA) is 9.23 Å². The molecule has 0 amide bonds. The number of rotatable bonds is 1. The Morgan fingerprint density at radius 3 is 2.41 bits per heavy atom.